The molecule has 0 unspecified atom stereocenters. The Balaban J connectivity index is 1.53. The van der Waals surface area contributed by atoms with E-state index in [0.717, 1.165) is 48.5 Å². The normalized spacial score (nSPS) is 18.3. The smallest absolute Gasteiger partial charge is 0.260 e. The number of aryl methyl sites for hydroxylation is 2. The van der Waals surface area contributed by atoms with Gasteiger partial charge >= 0.3 is 0 Å². The number of hydrogen-bond donors (Lipinski definition) is 1. The third-order valence-corrected chi connectivity index (χ3v) is 6.66. The molecule has 27 heavy (non-hydrogen) atoms. The molecule has 1 N–H and O–H groups in total. The minimum atomic E-state index is -0.0441. The number of anilines is 1. The first-order valence-corrected chi connectivity index (χ1v) is 10.6. The average Bonchev–Trinajstić information content (AvgIpc) is 3.28. The fourth-order valence-corrected chi connectivity index (χ4v) is 5.30. The topological polar surface area (TPSA) is 71.4 Å². The van der Waals surface area contributed by atoms with Crippen molar-refractivity contribution in [2.24, 2.45) is 0 Å². The number of aromatic nitrogens is 2. The van der Waals surface area contributed by atoms with Gasteiger partial charge in [-0.15, -0.1) is 11.3 Å². The first-order valence-electron chi connectivity index (χ1n) is 9.77. The van der Waals surface area contributed by atoms with E-state index in [1.807, 2.05) is 12.1 Å². The first-order chi connectivity index (χ1) is 13.3. The Bertz CT molecular complexity index is 1010. The van der Waals surface area contributed by atoms with Crippen LogP contribution in [0.4, 0.5) is 5.88 Å². The molecule has 6 nitrogen and oxygen atoms in total. The highest BCUT2D eigenvalue weighted by molar-refractivity contribution is 7.18. The van der Waals surface area contributed by atoms with Gasteiger partial charge in [0.2, 0.25) is 0 Å². The zero-order valence-corrected chi connectivity index (χ0v) is 16.1. The fraction of sp³-hybridized carbons (Fsp3) is 0.500. The zero-order chi connectivity index (χ0) is 18.2. The van der Waals surface area contributed by atoms with Crippen LogP contribution in [0.25, 0.3) is 21.8 Å². The predicted molar refractivity (Wildman–Crippen MR) is 107 cm³/mol. The van der Waals surface area contributed by atoms with Crippen molar-refractivity contribution >= 4 is 27.4 Å². The lowest BCUT2D eigenvalue weighted by Crippen LogP contribution is -2.35. The van der Waals surface area contributed by atoms with Gasteiger partial charge in [-0.3, -0.25) is 4.79 Å². The lowest BCUT2D eigenvalue weighted by atomic mass is 9.98. The summed E-state index contributed by atoms with van der Waals surface area (Å²) < 4.78 is 11.4. The van der Waals surface area contributed by atoms with Crippen LogP contribution >= 0.6 is 11.3 Å². The van der Waals surface area contributed by atoms with Crippen molar-refractivity contribution in [3.63, 3.8) is 0 Å². The summed E-state index contributed by atoms with van der Waals surface area (Å²) in [7, 11) is 0. The molecule has 5 rings (SSSR count). The Morgan fingerprint density at radius 3 is 2.74 bits per heavy atom. The van der Waals surface area contributed by atoms with Crippen molar-refractivity contribution < 1.29 is 9.15 Å². The molecule has 0 aromatic carbocycles. The van der Waals surface area contributed by atoms with Gasteiger partial charge in [0.1, 0.15) is 4.83 Å². The maximum Gasteiger partial charge on any atom is 0.260 e. The van der Waals surface area contributed by atoms with Crippen molar-refractivity contribution in [3.8, 4) is 11.6 Å². The molecule has 4 heterocycles. The second-order valence-electron chi connectivity index (χ2n) is 7.25. The van der Waals surface area contributed by atoms with Gasteiger partial charge in [0, 0.05) is 24.0 Å². The maximum absolute atomic E-state index is 12.9. The van der Waals surface area contributed by atoms with Gasteiger partial charge in [0.25, 0.3) is 5.56 Å². The highest BCUT2D eigenvalue weighted by Gasteiger charge is 2.20. The third kappa shape index (κ3) is 3.19. The van der Waals surface area contributed by atoms with Crippen LogP contribution in [0.3, 0.4) is 0 Å². The molecule has 7 heteroatoms. The van der Waals surface area contributed by atoms with Crippen LogP contribution in [-0.4, -0.2) is 36.3 Å². The minimum absolute atomic E-state index is 0.0441. The molecule has 1 saturated heterocycles. The van der Waals surface area contributed by atoms with Crippen LogP contribution in [0.5, 0.6) is 0 Å². The number of furan rings is 1. The number of nitrogens with zero attached hydrogens (tertiary/aromatic N) is 2. The maximum atomic E-state index is 12.9. The molecule has 2 aliphatic rings. The number of H-pyrrole nitrogens is 1. The fourth-order valence-electron chi connectivity index (χ4n) is 4.04. The quantitative estimate of drug-likeness (QED) is 0.728. The number of morpholine rings is 1. The summed E-state index contributed by atoms with van der Waals surface area (Å²) in [6, 6.07) is 3.83. The van der Waals surface area contributed by atoms with Gasteiger partial charge in [-0.05, 0) is 37.3 Å². The van der Waals surface area contributed by atoms with Gasteiger partial charge in [0.05, 0.1) is 18.6 Å². The number of hydrogen-bond acceptors (Lipinski definition) is 6. The van der Waals surface area contributed by atoms with Gasteiger partial charge in [-0.1, -0.05) is 12.8 Å². The summed E-state index contributed by atoms with van der Waals surface area (Å²) in [5.41, 5.74) is 1.18. The number of thiophene rings is 1. The molecule has 3 aromatic heterocycles. The number of fused-ring (bicyclic) bond motifs is 3. The summed E-state index contributed by atoms with van der Waals surface area (Å²) in [5.74, 6) is 1.92. The van der Waals surface area contributed by atoms with Crippen LogP contribution in [0.2, 0.25) is 0 Å². The molecule has 0 amide bonds. The standard InChI is InChI=1S/C20H23N3O3S/c24-19-17-13-5-3-1-2-4-6-15(13)27-20(17)22-18(21-19)14-7-8-16(26-14)23-9-11-25-12-10-23/h7-8H,1-6,9-12H2,(H,21,22,24). The predicted octanol–water partition coefficient (Wildman–Crippen LogP) is 3.74. The Hall–Kier alpha value is -2.12. The molecule has 1 aliphatic carbocycles. The number of ether oxygens (including phenoxy) is 1. The average molecular weight is 385 g/mol. The summed E-state index contributed by atoms with van der Waals surface area (Å²) in [6.45, 7) is 3.04. The molecule has 0 radical (unpaired) electrons. The Kier molecular flexibility index (Phi) is 4.49. The highest BCUT2D eigenvalue weighted by Crippen LogP contribution is 2.33. The van der Waals surface area contributed by atoms with Crippen molar-refractivity contribution in [1.29, 1.82) is 0 Å². The highest BCUT2D eigenvalue weighted by atomic mass is 32.1. The molecule has 0 saturated carbocycles. The zero-order valence-electron chi connectivity index (χ0n) is 15.3. The molecule has 0 spiro atoms. The molecular formula is C20H23N3O3S. The van der Waals surface area contributed by atoms with E-state index in [1.54, 1.807) is 11.3 Å². The summed E-state index contributed by atoms with van der Waals surface area (Å²) >= 11 is 1.68. The largest absolute Gasteiger partial charge is 0.437 e. The van der Waals surface area contributed by atoms with E-state index >= 15 is 0 Å². The van der Waals surface area contributed by atoms with Crippen molar-refractivity contribution in [1.82, 2.24) is 9.97 Å². The molecule has 0 bridgehead atoms. The SMILES string of the molecule is O=c1[nH]c(-c2ccc(N3CCOCC3)o2)nc2sc3c(c12)CCCCCC3. The monoisotopic (exact) mass is 385 g/mol. The Labute approximate surface area is 161 Å². The summed E-state index contributed by atoms with van der Waals surface area (Å²) in [5, 5.41) is 0.792. The Morgan fingerprint density at radius 1 is 1.07 bits per heavy atom. The van der Waals surface area contributed by atoms with Crippen LogP contribution in [0, 0.1) is 0 Å². The second kappa shape index (κ2) is 7.13. The third-order valence-electron chi connectivity index (χ3n) is 5.47. The van der Waals surface area contributed by atoms with Crippen molar-refractivity contribution in [2.75, 3.05) is 31.2 Å². The Morgan fingerprint density at radius 2 is 1.89 bits per heavy atom. The summed E-state index contributed by atoms with van der Waals surface area (Å²) in [6.07, 6.45) is 6.93. The molecule has 1 fully saturated rings. The van der Waals surface area contributed by atoms with Crippen molar-refractivity contribution in [3.05, 3.63) is 32.9 Å². The molecular weight excluding hydrogens is 362 g/mol. The number of aromatic amines is 1. The van der Waals surface area contributed by atoms with Crippen LogP contribution in [-0.2, 0) is 17.6 Å². The van der Waals surface area contributed by atoms with Gasteiger partial charge in [-0.2, -0.15) is 0 Å². The van der Waals surface area contributed by atoms with E-state index in [-0.39, 0.29) is 5.56 Å². The second-order valence-corrected chi connectivity index (χ2v) is 8.33. The number of nitrogens with one attached hydrogen (secondary N) is 1. The molecule has 142 valence electrons. The van der Waals surface area contributed by atoms with E-state index in [1.165, 1.54) is 29.7 Å². The van der Waals surface area contributed by atoms with E-state index in [2.05, 4.69) is 9.88 Å². The van der Waals surface area contributed by atoms with Crippen LogP contribution in [0.15, 0.2) is 21.3 Å². The van der Waals surface area contributed by atoms with Crippen molar-refractivity contribution in [2.45, 2.75) is 38.5 Å². The molecule has 1 aliphatic heterocycles. The van der Waals surface area contributed by atoms with Gasteiger partial charge in [-0.25, -0.2) is 4.98 Å². The van der Waals surface area contributed by atoms with Gasteiger partial charge in [0.15, 0.2) is 17.5 Å². The minimum Gasteiger partial charge on any atom is -0.437 e. The molecule has 3 aromatic rings. The van der Waals surface area contributed by atoms with E-state index in [4.69, 9.17) is 14.1 Å². The lowest BCUT2D eigenvalue weighted by molar-refractivity contribution is 0.121. The van der Waals surface area contributed by atoms with Crippen LogP contribution < -0.4 is 10.5 Å². The lowest BCUT2D eigenvalue weighted by Gasteiger charge is -2.26. The first kappa shape index (κ1) is 17.0. The van der Waals surface area contributed by atoms with E-state index in [0.29, 0.717) is 24.8 Å². The van der Waals surface area contributed by atoms with E-state index < -0.39 is 0 Å². The van der Waals surface area contributed by atoms with Crippen LogP contribution in [0.1, 0.15) is 36.1 Å². The summed E-state index contributed by atoms with van der Waals surface area (Å²) in [4.78, 5) is 24.9. The number of rotatable bonds is 2. The van der Waals surface area contributed by atoms with Gasteiger partial charge < -0.3 is 19.0 Å². The molecule has 0 atom stereocenters. The van der Waals surface area contributed by atoms with E-state index in [9.17, 15) is 4.79 Å².